The fraction of sp³-hybridized carbons (Fsp3) is 0.333. The summed E-state index contributed by atoms with van der Waals surface area (Å²) < 4.78 is 33.0. The van der Waals surface area contributed by atoms with Crippen molar-refractivity contribution in [1.29, 1.82) is 0 Å². The zero-order valence-corrected chi connectivity index (χ0v) is 12.0. The van der Waals surface area contributed by atoms with Gasteiger partial charge in [-0.1, -0.05) is 31.4 Å². The molecule has 0 saturated carbocycles. The van der Waals surface area contributed by atoms with E-state index in [0.29, 0.717) is 17.9 Å². The second kappa shape index (κ2) is 4.75. The summed E-state index contributed by atoms with van der Waals surface area (Å²) in [5.41, 5.74) is 0.716. The van der Waals surface area contributed by atoms with Gasteiger partial charge in [-0.05, 0) is 30.5 Å². The summed E-state index contributed by atoms with van der Waals surface area (Å²) in [5.74, 6) is 0.398. The predicted octanol–water partition coefficient (Wildman–Crippen LogP) is 2.34. The van der Waals surface area contributed by atoms with Crippen LogP contribution in [0.4, 0.5) is 0 Å². The number of fused-ring (bicyclic) bond motifs is 2. The van der Waals surface area contributed by atoms with Crippen molar-refractivity contribution < 1.29 is 13.2 Å². The van der Waals surface area contributed by atoms with Crippen molar-refractivity contribution >= 4 is 10.0 Å². The first-order valence-corrected chi connectivity index (χ1v) is 8.08. The summed E-state index contributed by atoms with van der Waals surface area (Å²) in [7, 11) is -3.50. The van der Waals surface area contributed by atoms with Crippen molar-refractivity contribution in [3.63, 3.8) is 0 Å². The zero-order valence-electron chi connectivity index (χ0n) is 11.2. The van der Waals surface area contributed by atoms with E-state index in [-0.39, 0.29) is 17.0 Å². The summed E-state index contributed by atoms with van der Waals surface area (Å²) in [6, 6.07) is 6.58. The predicted molar refractivity (Wildman–Crippen MR) is 77.1 cm³/mol. The van der Waals surface area contributed by atoms with Crippen LogP contribution in [0.2, 0.25) is 0 Å². The van der Waals surface area contributed by atoms with Crippen molar-refractivity contribution in [3.05, 3.63) is 49.1 Å². The highest BCUT2D eigenvalue weighted by atomic mass is 32.2. The number of ether oxygens (including phenoxy) is 1. The molecule has 106 valence electrons. The Bertz CT molecular complexity index is 665. The summed E-state index contributed by atoms with van der Waals surface area (Å²) in [6.45, 7) is 8.21. The van der Waals surface area contributed by atoms with Crippen molar-refractivity contribution in [2.45, 2.75) is 29.9 Å². The standard InChI is InChI=1S/C15H17NO3S/c1-3-11(2)15-12-7-6-10-16(12)20(17,18)14-9-5-4-8-13(14)19-15/h3-5,8-9,12,15H,1-2,6-7,10H2/t12-,15+/m0/s1. The minimum Gasteiger partial charge on any atom is -0.483 e. The van der Waals surface area contributed by atoms with Gasteiger partial charge in [-0.15, -0.1) is 0 Å². The Labute approximate surface area is 119 Å². The molecule has 5 heteroatoms. The van der Waals surface area contributed by atoms with Crippen LogP contribution in [0.3, 0.4) is 0 Å². The molecule has 0 spiro atoms. The lowest BCUT2D eigenvalue weighted by Gasteiger charge is -2.27. The van der Waals surface area contributed by atoms with Crippen LogP contribution in [-0.4, -0.2) is 31.4 Å². The van der Waals surface area contributed by atoms with Gasteiger partial charge in [0.15, 0.2) is 0 Å². The van der Waals surface area contributed by atoms with Gasteiger partial charge in [0.2, 0.25) is 10.0 Å². The second-order valence-electron chi connectivity index (χ2n) is 5.09. The van der Waals surface area contributed by atoms with Crippen LogP contribution in [0.15, 0.2) is 54.0 Å². The van der Waals surface area contributed by atoms with Gasteiger partial charge in [0.25, 0.3) is 0 Å². The van der Waals surface area contributed by atoms with Crippen molar-refractivity contribution in [2.75, 3.05) is 6.54 Å². The Hall–Kier alpha value is -1.59. The highest BCUT2D eigenvalue weighted by Crippen LogP contribution is 2.39. The molecule has 0 N–H and O–H groups in total. The van der Waals surface area contributed by atoms with Gasteiger partial charge >= 0.3 is 0 Å². The Morgan fingerprint density at radius 2 is 2.15 bits per heavy atom. The van der Waals surface area contributed by atoms with E-state index < -0.39 is 10.0 Å². The van der Waals surface area contributed by atoms with Crippen molar-refractivity contribution in [2.24, 2.45) is 0 Å². The Morgan fingerprint density at radius 1 is 1.40 bits per heavy atom. The largest absolute Gasteiger partial charge is 0.483 e. The fourth-order valence-electron chi connectivity index (χ4n) is 2.91. The highest BCUT2D eigenvalue weighted by Gasteiger charge is 2.45. The number of benzene rings is 1. The van der Waals surface area contributed by atoms with Crippen LogP contribution in [0.1, 0.15) is 12.8 Å². The van der Waals surface area contributed by atoms with Gasteiger partial charge in [-0.25, -0.2) is 8.42 Å². The molecule has 0 aromatic heterocycles. The third-order valence-electron chi connectivity index (χ3n) is 3.92. The zero-order chi connectivity index (χ0) is 14.3. The summed E-state index contributed by atoms with van der Waals surface area (Å²) >= 11 is 0. The molecule has 0 unspecified atom stereocenters. The van der Waals surface area contributed by atoms with E-state index >= 15 is 0 Å². The third-order valence-corrected chi connectivity index (χ3v) is 5.88. The first-order valence-electron chi connectivity index (χ1n) is 6.64. The normalized spacial score (nSPS) is 27.8. The van der Waals surface area contributed by atoms with Crippen molar-refractivity contribution in [1.82, 2.24) is 4.31 Å². The van der Waals surface area contributed by atoms with Crippen LogP contribution in [0, 0.1) is 0 Å². The molecule has 3 rings (SSSR count). The first-order chi connectivity index (χ1) is 9.55. The maximum Gasteiger partial charge on any atom is 0.247 e. The SMILES string of the molecule is C=CC(=C)[C@H]1Oc2ccccc2S(=O)(=O)N2CCC[C@@H]12. The molecular formula is C15H17NO3S. The molecule has 4 nitrogen and oxygen atoms in total. The maximum atomic E-state index is 12.8. The van der Waals surface area contributed by atoms with E-state index in [1.165, 1.54) is 0 Å². The molecule has 2 atom stereocenters. The van der Waals surface area contributed by atoms with E-state index in [1.807, 2.05) is 0 Å². The number of sulfonamides is 1. The molecule has 0 aliphatic carbocycles. The van der Waals surface area contributed by atoms with Crippen LogP contribution < -0.4 is 4.74 Å². The molecule has 0 bridgehead atoms. The quantitative estimate of drug-likeness (QED) is 0.786. The Morgan fingerprint density at radius 3 is 2.90 bits per heavy atom. The van der Waals surface area contributed by atoms with Crippen LogP contribution in [-0.2, 0) is 10.0 Å². The molecule has 2 heterocycles. The molecule has 2 aliphatic rings. The molecule has 1 aromatic rings. The molecule has 0 radical (unpaired) electrons. The first kappa shape index (κ1) is 13.4. The smallest absolute Gasteiger partial charge is 0.247 e. The maximum absolute atomic E-state index is 12.8. The molecule has 2 aliphatic heterocycles. The second-order valence-corrected chi connectivity index (χ2v) is 6.95. The lowest BCUT2D eigenvalue weighted by atomic mass is 10.0. The third kappa shape index (κ3) is 1.89. The summed E-state index contributed by atoms with van der Waals surface area (Å²) in [5, 5.41) is 0. The lowest BCUT2D eigenvalue weighted by Crippen LogP contribution is -2.43. The van der Waals surface area contributed by atoms with Crippen LogP contribution in [0.5, 0.6) is 5.75 Å². The van der Waals surface area contributed by atoms with Gasteiger partial charge in [-0.3, -0.25) is 0 Å². The van der Waals surface area contributed by atoms with E-state index in [0.717, 1.165) is 12.8 Å². The van der Waals surface area contributed by atoms with Gasteiger partial charge in [0.1, 0.15) is 16.7 Å². The van der Waals surface area contributed by atoms with E-state index in [1.54, 1.807) is 34.6 Å². The molecule has 0 amide bonds. The average Bonchev–Trinajstić information content (AvgIpc) is 2.91. The lowest BCUT2D eigenvalue weighted by molar-refractivity contribution is 0.169. The minimum absolute atomic E-state index is 0.196. The number of hydrogen-bond acceptors (Lipinski definition) is 3. The molecule has 1 saturated heterocycles. The molecular weight excluding hydrogens is 274 g/mol. The topological polar surface area (TPSA) is 46.6 Å². The van der Waals surface area contributed by atoms with E-state index in [4.69, 9.17) is 4.74 Å². The Kier molecular flexibility index (Phi) is 3.18. The van der Waals surface area contributed by atoms with Gasteiger partial charge in [-0.2, -0.15) is 4.31 Å². The van der Waals surface area contributed by atoms with E-state index in [9.17, 15) is 8.42 Å². The van der Waals surface area contributed by atoms with Crippen LogP contribution in [0.25, 0.3) is 0 Å². The van der Waals surface area contributed by atoms with Gasteiger partial charge in [0.05, 0.1) is 6.04 Å². The summed E-state index contributed by atoms with van der Waals surface area (Å²) in [6.07, 6.45) is 2.90. The number of rotatable bonds is 2. The van der Waals surface area contributed by atoms with Gasteiger partial charge < -0.3 is 4.74 Å². The highest BCUT2D eigenvalue weighted by molar-refractivity contribution is 7.89. The minimum atomic E-state index is -3.50. The molecule has 1 fully saturated rings. The fourth-order valence-corrected chi connectivity index (χ4v) is 4.72. The number of hydrogen-bond donors (Lipinski definition) is 0. The van der Waals surface area contributed by atoms with E-state index in [2.05, 4.69) is 13.2 Å². The number of nitrogens with zero attached hydrogens (tertiary/aromatic N) is 1. The van der Waals surface area contributed by atoms with Crippen molar-refractivity contribution in [3.8, 4) is 5.75 Å². The monoisotopic (exact) mass is 291 g/mol. The van der Waals surface area contributed by atoms with Gasteiger partial charge in [0, 0.05) is 6.54 Å². The Balaban J connectivity index is 2.18. The summed E-state index contributed by atoms with van der Waals surface area (Å²) in [4.78, 5) is 0.242. The van der Waals surface area contributed by atoms with Crippen LogP contribution >= 0.6 is 0 Å². The molecule has 20 heavy (non-hydrogen) atoms. The number of para-hydroxylation sites is 1. The molecule has 1 aromatic carbocycles. The average molecular weight is 291 g/mol.